The van der Waals surface area contributed by atoms with Crippen molar-refractivity contribution in [2.75, 3.05) is 19.4 Å². The van der Waals surface area contributed by atoms with Gasteiger partial charge in [-0.3, -0.25) is 0 Å². The molecule has 0 saturated heterocycles. The molecule has 2 aliphatic carbocycles. The summed E-state index contributed by atoms with van der Waals surface area (Å²) in [6.07, 6.45) is 12.4. The first-order valence-corrected chi connectivity index (χ1v) is 9.64. The van der Waals surface area contributed by atoms with Gasteiger partial charge in [-0.2, -0.15) is 11.8 Å². The highest BCUT2D eigenvalue weighted by Gasteiger charge is 2.32. The number of hydrogen-bond donors (Lipinski definition) is 3. The molecule has 5 heteroatoms. The third-order valence-corrected chi connectivity index (χ3v) is 6.33. The van der Waals surface area contributed by atoms with Gasteiger partial charge in [-0.15, -0.1) is 0 Å². The molecule has 2 unspecified atom stereocenters. The largest absolute Gasteiger partial charge is 0.396 e. The Kier molecular flexibility index (Phi) is 6.68. The fourth-order valence-corrected chi connectivity index (χ4v) is 4.64. The van der Waals surface area contributed by atoms with Crippen molar-refractivity contribution in [3.63, 3.8) is 0 Å². The van der Waals surface area contributed by atoms with Crippen molar-refractivity contribution in [1.29, 1.82) is 0 Å². The molecule has 122 valence electrons. The maximum absolute atomic E-state index is 12.1. The van der Waals surface area contributed by atoms with E-state index >= 15 is 0 Å². The van der Waals surface area contributed by atoms with Crippen LogP contribution in [0, 0.1) is 5.41 Å². The van der Waals surface area contributed by atoms with Crippen LogP contribution in [0.5, 0.6) is 0 Å². The zero-order valence-corrected chi connectivity index (χ0v) is 14.0. The third kappa shape index (κ3) is 5.06. The molecule has 2 rings (SSSR count). The average Bonchev–Trinajstić information content (AvgIpc) is 2.94. The van der Waals surface area contributed by atoms with E-state index in [4.69, 9.17) is 0 Å². The maximum Gasteiger partial charge on any atom is 0.315 e. The minimum Gasteiger partial charge on any atom is -0.396 e. The van der Waals surface area contributed by atoms with Gasteiger partial charge in [-0.25, -0.2) is 4.79 Å². The van der Waals surface area contributed by atoms with E-state index in [1.165, 1.54) is 25.7 Å². The minimum absolute atomic E-state index is 0.0235. The lowest BCUT2D eigenvalue weighted by molar-refractivity contribution is 0.127. The second-order valence-electron chi connectivity index (χ2n) is 6.73. The van der Waals surface area contributed by atoms with E-state index in [1.54, 1.807) is 0 Å². The smallest absolute Gasteiger partial charge is 0.315 e. The Hall–Kier alpha value is -0.420. The summed E-state index contributed by atoms with van der Waals surface area (Å²) >= 11 is 1.91. The number of amides is 2. The van der Waals surface area contributed by atoms with Crippen LogP contribution in [0.3, 0.4) is 0 Å². The van der Waals surface area contributed by atoms with Crippen LogP contribution < -0.4 is 10.6 Å². The Morgan fingerprint density at radius 1 is 1.29 bits per heavy atom. The standard InChI is InChI=1S/C16H30N2O2S/c1-21-14-6-5-13(11-14)18-15(20)17-12-16(9-10-19)7-3-2-4-8-16/h13-14,19H,2-12H2,1H3,(H2,17,18,20). The van der Waals surface area contributed by atoms with Gasteiger partial charge < -0.3 is 15.7 Å². The summed E-state index contributed by atoms with van der Waals surface area (Å²) in [6, 6.07) is 0.312. The molecular weight excluding hydrogens is 284 g/mol. The number of carbonyl (C=O) groups is 1. The molecule has 0 aromatic heterocycles. The van der Waals surface area contributed by atoms with Gasteiger partial charge in [-0.1, -0.05) is 19.3 Å². The summed E-state index contributed by atoms with van der Waals surface area (Å²) in [4.78, 5) is 12.1. The van der Waals surface area contributed by atoms with Crippen LogP contribution in [0.2, 0.25) is 0 Å². The second-order valence-corrected chi connectivity index (χ2v) is 7.87. The topological polar surface area (TPSA) is 61.4 Å². The Balaban J connectivity index is 1.74. The van der Waals surface area contributed by atoms with Crippen LogP contribution in [0.4, 0.5) is 4.79 Å². The fraction of sp³-hybridized carbons (Fsp3) is 0.938. The predicted molar refractivity (Wildman–Crippen MR) is 88.7 cm³/mol. The zero-order valence-electron chi connectivity index (χ0n) is 13.2. The number of carbonyl (C=O) groups excluding carboxylic acids is 1. The first kappa shape index (κ1) is 16.9. The number of aliphatic hydroxyl groups excluding tert-OH is 1. The molecule has 0 aromatic rings. The quantitative estimate of drug-likeness (QED) is 0.706. The minimum atomic E-state index is -0.0235. The van der Waals surface area contributed by atoms with Crippen molar-refractivity contribution < 1.29 is 9.90 Å². The van der Waals surface area contributed by atoms with Crippen molar-refractivity contribution in [2.45, 2.75) is 69.1 Å². The molecule has 0 bridgehead atoms. The molecule has 0 aromatic carbocycles. The van der Waals surface area contributed by atoms with Gasteiger partial charge in [0.2, 0.25) is 0 Å². The molecule has 0 aliphatic heterocycles. The monoisotopic (exact) mass is 314 g/mol. The van der Waals surface area contributed by atoms with Crippen molar-refractivity contribution in [3.05, 3.63) is 0 Å². The molecule has 4 nitrogen and oxygen atoms in total. The number of rotatable bonds is 6. The summed E-state index contributed by atoms with van der Waals surface area (Å²) in [5, 5.41) is 16.2. The molecule has 2 amide bonds. The van der Waals surface area contributed by atoms with E-state index in [1.807, 2.05) is 11.8 Å². The fourth-order valence-electron chi connectivity index (χ4n) is 3.84. The van der Waals surface area contributed by atoms with Crippen LogP contribution in [0.25, 0.3) is 0 Å². The Morgan fingerprint density at radius 2 is 2.05 bits per heavy atom. The molecule has 21 heavy (non-hydrogen) atoms. The molecule has 0 spiro atoms. The molecule has 2 fully saturated rings. The second kappa shape index (κ2) is 8.28. The molecule has 2 atom stereocenters. The molecule has 2 saturated carbocycles. The Bertz CT molecular complexity index is 327. The van der Waals surface area contributed by atoms with E-state index in [2.05, 4.69) is 16.9 Å². The molecule has 0 radical (unpaired) electrons. The first-order chi connectivity index (χ1) is 10.2. The van der Waals surface area contributed by atoms with E-state index in [0.717, 1.165) is 32.1 Å². The van der Waals surface area contributed by atoms with Crippen LogP contribution in [-0.4, -0.2) is 41.8 Å². The molecule has 2 aliphatic rings. The lowest BCUT2D eigenvalue weighted by Gasteiger charge is -2.37. The summed E-state index contributed by atoms with van der Waals surface area (Å²) in [6.45, 7) is 0.930. The van der Waals surface area contributed by atoms with Crippen molar-refractivity contribution in [3.8, 4) is 0 Å². The lowest BCUT2D eigenvalue weighted by Crippen LogP contribution is -2.46. The van der Waals surface area contributed by atoms with Gasteiger partial charge in [0.15, 0.2) is 0 Å². The molecule has 0 heterocycles. The first-order valence-electron chi connectivity index (χ1n) is 8.35. The summed E-state index contributed by atoms with van der Waals surface area (Å²) in [7, 11) is 0. The number of hydrogen-bond acceptors (Lipinski definition) is 3. The number of urea groups is 1. The number of thioether (sulfide) groups is 1. The average molecular weight is 314 g/mol. The summed E-state index contributed by atoms with van der Waals surface area (Å²) < 4.78 is 0. The summed E-state index contributed by atoms with van der Waals surface area (Å²) in [5.74, 6) is 0. The van der Waals surface area contributed by atoms with Crippen molar-refractivity contribution in [2.24, 2.45) is 5.41 Å². The van der Waals surface area contributed by atoms with Crippen molar-refractivity contribution in [1.82, 2.24) is 10.6 Å². The Labute approximate surface area is 132 Å². The van der Waals surface area contributed by atoms with E-state index in [-0.39, 0.29) is 18.1 Å². The molecule has 3 N–H and O–H groups in total. The normalized spacial score (nSPS) is 28.3. The van der Waals surface area contributed by atoms with Crippen LogP contribution in [0.15, 0.2) is 0 Å². The van der Waals surface area contributed by atoms with Crippen molar-refractivity contribution >= 4 is 17.8 Å². The highest BCUT2D eigenvalue weighted by molar-refractivity contribution is 7.99. The van der Waals surface area contributed by atoms with Crippen LogP contribution in [-0.2, 0) is 0 Å². The highest BCUT2D eigenvalue weighted by atomic mass is 32.2. The number of aliphatic hydroxyl groups is 1. The lowest BCUT2D eigenvalue weighted by atomic mass is 9.72. The van der Waals surface area contributed by atoms with Gasteiger partial charge in [-0.05, 0) is 50.2 Å². The predicted octanol–water partition coefficient (Wildman–Crippen LogP) is 2.90. The zero-order chi connectivity index (χ0) is 15.1. The molecular formula is C16H30N2O2S. The van der Waals surface area contributed by atoms with Crippen LogP contribution in [0.1, 0.15) is 57.8 Å². The maximum atomic E-state index is 12.1. The SMILES string of the molecule is CSC1CCC(NC(=O)NCC2(CCO)CCCCC2)C1. The highest BCUT2D eigenvalue weighted by Crippen LogP contribution is 2.38. The van der Waals surface area contributed by atoms with Gasteiger partial charge in [0, 0.05) is 24.4 Å². The number of nitrogens with one attached hydrogen (secondary N) is 2. The van der Waals surface area contributed by atoms with E-state index in [9.17, 15) is 9.90 Å². The van der Waals surface area contributed by atoms with Gasteiger partial charge >= 0.3 is 6.03 Å². The summed E-state index contributed by atoms with van der Waals surface area (Å²) in [5.41, 5.74) is 0.127. The Morgan fingerprint density at radius 3 is 2.67 bits per heavy atom. The third-order valence-electron chi connectivity index (χ3n) is 5.23. The van der Waals surface area contributed by atoms with Crippen LogP contribution >= 0.6 is 11.8 Å². The van der Waals surface area contributed by atoms with Gasteiger partial charge in [0.25, 0.3) is 0 Å². The van der Waals surface area contributed by atoms with Gasteiger partial charge in [0.1, 0.15) is 0 Å². The van der Waals surface area contributed by atoms with E-state index in [0.29, 0.717) is 17.8 Å². The van der Waals surface area contributed by atoms with E-state index < -0.39 is 0 Å². The van der Waals surface area contributed by atoms with Gasteiger partial charge in [0.05, 0.1) is 0 Å².